The van der Waals surface area contributed by atoms with Crippen molar-refractivity contribution in [3.8, 4) is 0 Å². The van der Waals surface area contributed by atoms with Crippen LogP contribution in [0.2, 0.25) is 0 Å². The number of rotatable bonds is 5. The van der Waals surface area contributed by atoms with Crippen molar-refractivity contribution in [2.75, 3.05) is 44.6 Å². The summed E-state index contributed by atoms with van der Waals surface area (Å²) >= 11 is 0. The van der Waals surface area contributed by atoms with Gasteiger partial charge in [0.15, 0.2) is 0 Å². The van der Waals surface area contributed by atoms with E-state index >= 15 is 0 Å². The quantitative estimate of drug-likeness (QED) is 0.685. The fourth-order valence-corrected chi connectivity index (χ4v) is 3.45. The summed E-state index contributed by atoms with van der Waals surface area (Å²) in [4.78, 5) is 32.4. The molecule has 0 bridgehead atoms. The molecule has 144 valence electrons. The van der Waals surface area contributed by atoms with Gasteiger partial charge in [-0.2, -0.15) is 0 Å². The molecule has 3 aromatic rings. The van der Waals surface area contributed by atoms with Crippen molar-refractivity contribution in [1.29, 1.82) is 0 Å². The van der Waals surface area contributed by atoms with Crippen LogP contribution in [0.1, 0.15) is 10.4 Å². The summed E-state index contributed by atoms with van der Waals surface area (Å²) in [5.41, 5.74) is 1.65. The van der Waals surface area contributed by atoms with E-state index in [1.165, 1.54) is 6.07 Å². The molecule has 1 aromatic carbocycles. The van der Waals surface area contributed by atoms with Gasteiger partial charge in [-0.1, -0.05) is 12.1 Å². The molecule has 7 nitrogen and oxygen atoms in total. The Morgan fingerprint density at radius 1 is 1.11 bits per heavy atom. The molecule has 4 rings (SSSR count). The van der Waals surface area contributed by atoms with Crippen LogP contribution < -0.4 is 10.9 Å². The maximum Gasteiger partial charge on any atom is 0.338 e. The van der Waals surface area contributed by atoms with Crippen molar-refractivity contribution in [2.45, 2.75) is 0 Å². The Morgan fingerprint density at radius 2 is 1.93 bits per heavy atom. The van der Waals surface area contributed by atoms with Gasteiger partial charge in [-0.15, -0.1) is 0 Å². The van der Waals surface area contributed by atoms with Crippen molar-refractivity contribution in [1.82, 2.24) is 14.8 Å². The lowest BCUT2D eigenvalue weighted by molar-refractivity contribution is 0.0641. The second kappa shape index (κ2) is 8.22. The predicted octanol–water partition coefficient (Wildman–Crippen LogP) is 2.06. The minimum absolute atomic E-state index is 0.0355. The zero-order valence-corrected chi connectivity index (χ0v) is 15.5. The summed E-state index contributed by atoms with van der Waals surface area (Å²) in [6.07, 6.45) is 3.28. The first kappa shape index (κ1) is 18.2. The number of fused-ring (bicyclic) bond motifs is 1. The standard InChI is InChI=1S/C21H22N4O3/c26-20-14-18(17-5-1-2-6-19(17)28-20)23-8-9-24-10-12-25(13-11-24)21(27)16-4-3-7-22-15-16/h1-7,14-15,23H,8-13H2. The second-order valence-electron chi connectivity index (χ2n) is 6.78. The number of anilines is 1. The molecule has 1 amide bonds. The van der Waals surface area contributed by atoms with Gasteiger partial charge in [0.05, 0.1) is 11.3 Å². The van der Waals surface area contributed by atoms with Gasteiger partial charge < -0.3 is 14.6 Å². The van der Waals surface area contributed by atoms with E-state index in [2.05, 4.69) is 15.2 Å². The first-order valence-electron chi connectivity index (χ1n) is 9.39. The molecular formula is C21H22N4O3. The molecule has 1 saturated heterocycles. The number of hydrogen-bond acceptors (Lipinski definition) is 6. The van der Waals surface area contributed by atoms with Crippen molar-refractivity contribution >= 4 is 22.6 Å². The second-order valence-corrected chi connectivity index (χ2v) is 6.78. The monoisotopic (exact) mass is 378 g/mol. The molecule has 7 heteroatoms. The van der Waals surface area contributed by atoms with Crippen molar-refractivity contribution in [3.05, 3.63) is 70.8 Å². The highest BCUT2D eigenvalue weighted by Gasteiger charge is 2.21. The van der Waals surface area contributed by atoms with E-state index < -0.39 is 0 Å². The van der Waals surface area contributed by atoms with Crippen molar-refractivity contribution < 1.29 is 9.21 Å². The first-order valence-corrected chi connectivity index (χ1v) is 9.39. The summed E-state index contributed by atoms with van der Waals surface area (Å²) in [5, 5.41) is 4.24. The normalized spacial score (nSPS) is 14.9. The number of para-hydroxylation sites is 1. The highest BCUT2D eigenvalue weighted by molar-refractivity contribution is 5.94. The Kier molecular flexibility index (Phi) is 5.34. The third kappa shape index (κ3) is 4.04. The summed E-state index contributed by atoms with van der Waals surface area (Å²) in [7, 11) is 0. The number of hydrogen-bond donors (Lipinski definition) is 1. The highest BCUT2D eigenvalue weighted by Crippen LogP contribution is 2.20. The number of benzene rings is 1. The van der Waals surface area contributed by atoms with E-state index in [0.29, 0.717) is 30.8 Å². The fourth-order valence-electron chi connectivity index (χ4n) is 3.45. The average Bonchev–Trinajstić information content (AvgIpc) is 2.74. The molecule has 0 aliphatic carbocycles. The number of nitrogens with zero attached hydrogens (tertiary/aromatic N) is 3. The lowest BCUT2D eigenvalue weighted by Crippen LogP contribution is -2.49. The van der Waals surface area contributed by atoms with Crippen LogP contribution in [0.4, 0.5) is 5.69 Å². The number of nitrogens with one attached hydrogen (secondary N) is 1. The molecule has 2 aromatic heterocycles. The van der Waals surface area contributed by atoms with E-state index in [0.717, 1.165) is 30.7 Å². The molecular weight excluding hydrogens is 356 g/mol. The molecule has 1 aliphatic rings. The first-order chi connectivity index (χ1) is 13.7. The Hall–Kier alpha value is -3.19. The minimum atomic E-state index is -0.358. The maximum absolute atomic E-state index is 12.5. The minimum Gasteiger partial charge on any atom is -0.423 e. The van der Waals surface area contributed by atoms with Crippen molar-refractivity contribution in [3.63, 3.8) is 0 Å². The summed E-state index contributed by atoms with van der Waals surface area (Å²) in [6.45, 7) is 4.60. The van der Waals surface area contributed by atoms with Gasteiger partial charge in [0.1, 0.15) is 5.58 Å². The van der Waals surface area contributed by atoms with E-state index in [1.54, 1.807) is 30.6 Å². The summed E-state index contributed by atoms with van der Waals surface area (Å²) in [5.74, 6) is 0.0355. The average molecular weight is 378 g/mol. The number of piperazine rings is 1. The molecule has 0 spiro atoms. The molecule has 1 N–H and O–H groups in total. The highest BCUT2D eigenvalue weighted by atomic mass is 16.4. The number of aromatic nitrogens is 1. The molecule has 0 radical (unpaired) electrons. The number of carbonyl (C=O) groups excluding carboxylic acids is 1. The largest absolute Gasteiger partial charge is 0.423 e. The van der Waals surface area contributed by atoms with E-state index in [9.17, 15) is 9.59 Å². The topological polar surface area (TPSA) is 78.7 Å². The van der Waals surface area contributed by atoms with Gasteiger partial charge in [-0.05, 0) is 24.3 Å². The third-order valence-corrected chi connectivity index (χ3v) is 4.96. The number of pyridine rings is 1. The van der Waals surface area contributed by atoms with Gasteiger partial charge in [-0.25, -0.2) is 4.79 Å². The zero-order valence-electron chi connectivity index (χ0n) is 15.5. The molecule has 28 heavy (non-hydrogen) atoms. The fraction of sp³-hybridized carbons (Fsp3) is 0.286. The Morgan fingerprint density at radius 3 is 2.71 bits per heavy atom. The summed E-state index contributed by atoms with van der Waals surface area (Å²) in [6, 6.07) is 12.6. The van der Waals surface area contributed by atoms with Crippen LogP contribution >= 0.6 is 0 Å². The zero-order chi connectivity index (χ0) is 19.3. The lowest BCUT2D eigenvalue weighted by Gasteiger charge is -2.34. The summed E-state index contributed by atoms with van der Waals surface area (Å²) < 4.78 is 5.22. The van der Waals surface area contributed by atoms with Gasteiger partial charge in [0, 0.05) is 63.1 Å². The van der Waals surface area contributed by atoms with Crippen LogP contribution in [0.5, 0.6) is 0 Å². The van der Waals surface area contributed by atoms with Crippen LogP contribution in [0.25, 0.3) is 11.0 Å². The Bertz CT molecular complexity index is 1010. The Balaban J connectivity index is 1.30. The molecule has 1 fully saturated rings. The van der Waals surface area contributed by atoms with Crippen molar-refractivity contribution in [2.24, 2.45) is 0 Å². The molecule has 0 atom stereocenters. The van der Waals surface area contributed by atoms with Crippen LogP contribution in [0, 0.1) is 0 Å². The Labute approximate surface area is 162 Å². The smallest absolute Gasteiger partial charge is 0.338 e. The number of amides is 1. The van der Waals surface area contributed by atoms with Gasteiger partial charge in [0.25, 0.3) is 5.91 Å². The van der Waals surface area contributed by atoms with Crippen LogP contribution in [-0.4, -0.2) is 60.0 Å². The molecule has 1 aliphatic heterocycles. The lowest BCUT2D eigenvalue weighted by atomic mass is 10.2. The number of carbonyl (C=O) groups is 1. The third-order valence-electron chi connectivity index (χ3n) is 4.96. The van der Waals surface area contributed by atoms with Crippen LogP contribution in [0.15, 0.2) is 64.1 Å². The van der Waals surface area contributed by atoms with Gasteiger partial charge in [-0.3, -0.25) is 14.7 Å². The predicted molar refractivity (Wildman–Crippen MR) is 108 cm³/mol. The van der Waals surface area contributed by atoms with E-state index in [1.807, 2.05) is 23.1 Å². The van der Waals surface area contributed by atoms with E-state index in [4.69, 9.17) is 4.42 Å². The molecule has 3 heterocycles. The van der Waals surface area contributed by atoms with Gasteiger partial charge in [0.2, 0.25) is 0 Å². The van der Waals surface area contributed by atoms with E-state index in [-0.39, 0.29) is 11.5 Å². The van der Waals surface area contributed by atoms with Crippen LogP contribution in [0.3, 0.4) is 0 Å². The molecule has 0 saturated carbocycles. The van der Waals surface area contributed by atoms with Crippen LogP contribution in [-0.2, 0) is 0 Å². The molecule has 0 unspecified atom stereocenters. The maximum atomic E-state index is 12.5. The SMILES string of the molecule is O=C(c1cccnc1)N1CCN(CCNc2cc(=O)oc3ccccc23)CC1. The van der Waals surface area contributed by atoms with Gasteiger partial charge >= 0.3 is 5.63 Å².